The molecule has 0 unspecified atom stereocenters. The van der Waals surface area contributed by atoms with E-state index in [2.05, 4.69) is 10.6 Å². The summed E-state index contributed by atoms with van der Waals surface area (Å²) in [7, 11) is 1.54. The van der Waals surface area contributed by atoms with Crippen molar-refractivity contribution in [2.75, 3.05) is 23.9 Å². The lowest BCUT2D eigenvalue weighted by Crippen LogP contribution is -2.41. The molecule has 1 fully saturated rings. The van der Waals surface area contributed by atoms with E-state index < -0.39 is 11.9 Å². The number of carbonyl (C=O) groups excluding carboxylic acids is 3. The summed E-state index contributed by atoms with van der Waals surface area (Å²) in [4.78, 5) is 38.5. The first-order valence-corrected chi connectivity index (χ1v) is 9.12. The molecular formula is C20H23N3O5. The van der Waals surface area contributed by atoms with Gasteiger partial charge >= 0.3 is 0 Å². The molecule has 2 heterocycles. The molecule has 3 amide bonds. The summed E-state index contributed by atoms with van der Waals surface area (Å²) in [5.41, 5.74) is 1.48. The van der Waals surface area contributed by atoms with Gasteiger partial charge in [0.1, 0.15) is 18.1 Å². The lowest BCUT2D eigenvalue weighted by atomic mass is 10.1. The normalized spacial score (nSPS) is 15.1. The van der Waals surface area contributed by atoms with Gasteiger partial charge in [-0.2, -0.15) is 0 Å². The van der Waals surface area contributed by atoms with E-state index in [1.165, 1.54) is 18.6 Å². The monoisotopic (exact) mass is 385 g/mol. The predicted octanol–water partition coefficient (Wildman–Crippen LogP) is 2.56. The zero-order chi connectivity index (χ0) is 20.1. The fraction of sp³-hybridized carbons (Fsp3) is 0.350. The Morgan fingerprint density at radius 3 is 2.75 bits per heavy atom. The van der Waals surface area contributed by atoms with E-state index in [0.29, 0.717) is 35.7 Å². The van der Waals surface area contributed by atoms with Gasteiger partial charge in [0.05, 0.1) is 24.6 Å². The molecule has 0 bridgehead atoms. The van der Waals surface area contributed by atoms with Crippen LogP contribution in [-0.2, 0) is 9.59 Å². The number of amides is 3. The summed E-state index contributed by atoms with van der Waals surface area (Å²) in [6.07, 6.45) is 4.99. The van der Waals surface area contributed by atoms with Crippen LogP contribution in [0.5, 0.6) is 5.75 Å². The molecule has 1 aromatic carbocycles. The molecule has 8 heteroatoms. The van der Waals surface area contributed by atoms with E-state index in [9.17, 15) is 14.4 Å². The van der Waals surface area contributed by atoms with Crippen molar-refractivity contribution < 1.29 is 23.5 Å². The first kappa shape index (κ1) is 19.5. The third-order valence-corrected chi connectivity index (χ3v) is 4.58. The Kier molecular flexibility index (Phi) is 5.98. The van der Waals surface area contributed by atoms with Crippen molar-refractivity contribution >= 4 is 29.1 Å². The van der Waals surface area contributed by atoms with E-state index in [4.69, 9.17) is 9.15 Å². The van der Waals surface area contributed by atoms with E-state index >= 15 is 0 Å². The van der Waals surface area contributed by atoms with Gasteiger partial charge in [-0.3, -0.25) is 14.4 Å². The van der Waals surface area contributed by atoms with Gasteiger partial charge in [-0.1, -0.05) is 0 Å². The molecule has 2 aromatic rings. The maximum Gasteiger partial charge on any atom is 0.255 e. The van der Waals surface area contributed by atoms with Crippen LogP contribution in [0.15, 0.2) is 41.2 Å². The maximum absolute atomic E-state index is 12.5. The number of methoxy groups -OCH3 is 1. The molecule has 1 atom stereocenters. The fourth-order valence-electron chi connectivity index (χ4n) is 3.03. The van der Waals surface area contributed by atoms with Gasteiger partial charge < -0.3 is 24.7 Å². The molecule has 8 nitrogen and oxygen atoms in total. The molecule has 1 saturated heterocycles. The molecule has 1 aromatic heterocycles. The average Bonchev–Trinajstić information content (AvgIpc) is 3.23. The third kappa shape index (κ3) is 4.33. The predicted molar refractivity (Wildman–Crippen MR) is 103 cm³/mol. The minimum Gasteiger partial charge on any atom is -0.495 e. The van der Waals surface area contributed by atoms with Crippen molar-refractivity contribution in [2.24, 2.45) is 0 Å². The van der Waals surface area contributed by atoms with Crippen LogP contribution < -0.4 is 20.3 Å². The number of anilines is 2. The van der Waals surface area contributed by atoms with Crippen molar-refractivity contribution in [3.8, 4) is 5.75 Å². The Balaban J connectivity index is 1.71. The van der Waals surface area contributed by atoms with Crippen LogP contribution in [0.4, 0.5) is 11.4 Å². The van der Waals surface area contributed by atoms with Gasteiger partial charge in [-0.25, -0.2) is 0 Å². The van der Waals surface area contributed by atoms with Crippen molar-refractivity contribution in [2.45, 2.75) is 32.2 Å². The molecule has 2 N–H and O–H groups in total. The number of nitrogens with zero attached hydrogens (tertiary/aromatic N) is 1. The van der Waals surface area contributed by atoms with Gasteiger partial charge in [0.2, 0.25) is 11.8 Å². The first-order chi connectivity index (χ1) is 13.5. The molecule has 1 aliphatic rings. The number of furan rings is 1. The molecule has 1 aliphatic heterocycles. The highest BCUT2D eigenvalue weighted by molar-refractivity contribution is 6.02. The second-order valence-corrected chi connectivity index (χ2v) is 6.59. The summed E-state index contributed by atoms with van der Waals surface area (Å²) < 4.78 is 10.2. The molecule has 28 heavy (non-hydrogen) atoms. The Morgan fingerprint density at radius 1 is 1.25 bits per heavy atom. The second-order valence-electron chi connectivity index (χ2n) is 6.59. The fourth-order valence-corrected chi connectivity index (χ4v) is 3.03. The summed E-state index contributed by atoms with van der Waals surface area (Å²) in [5.74, 6) is -0.174. The van der Waals surface area contributed by atoms with Crippen LogP contribution in [0.2, 0.25) is 0 Å². The van der Waals surface area contributed by atoms with Crippen LogP contribution >= 0.6 is 0 Å². The van der Waals surface area contributed by atoms with Crippen LogP contribution in [0, 0.1) is 0 Å². The molecule has 0 aliphatic carbocycles. The largest absolute Gasteiger partial charge is 0.495 e. The number of hydrogen-bond acceptors (Lipinski definition) is 5. The zero-order valence-corrected chi connectivity index (χ0v) is 15.9. The highest BCUT2D eigenvalue weighted by Gasteiger charge is 2.24. The van der Waals surface area contributed by atoms with Crippen LogP contribution in [0.3, 0.4) is 0 Å². The number of piperidine rings is 1. The van der Waals surface area contributed by atoms with E-state index in [-0.39, 0.29) is 11.8 Å². The summed E-state index contributed by atoms with van der Waals surface area (Å²) in [6, 6.07) is 5.88. The number of carbonyl (C=O) groups is 3. The summed E-state index contributed by atoms with van der Waals surface area (Å²) in [6.45, 7) is 2.20. The van der Waals surface area contributed by atoms with Crippen LogP contribution in [0.1, 0.15) is 36.5 Å². The van der Waals surface area contributed by atoms with Crippen molar-refractivity contribution in [3.63, 3.8) is 0 Å². The average molecular weight is 385 g/mol. The minimum atomic E-state index is -0.760. The van der Waals surface area contributed by atoms with E-state index in [1.54, 1.807) is 37.1 Å². The molecule has 0 radical (unpaired) electrons. The topological polar surface area (TPSA) is 101 Å². The highest BCUT2D eigenvalue weighted by Crippen LogP contribution is 2.33. The molecule has 0 saturated carbocycles. The van der Waals surface area contributed by atoms with Gasteiger partial charge in [0.15, 0.2) is 0 Å². The molecule has 148 valence electrons. The van der Waals surface area contributed by atoms with E-state index in [0.717, 1.165) is 12.8 Å². The van der Waals surface area contributed by atoms with Gasteiger partial charge in [-0.05, 0) is 44.0 Å². The summed E-state index contributed by atoms with van der Waals surface area (Å²) in [5, 5.41) is 5.38. The zero-order valence-electron chi connectivity index (χ0n) is 15.9. The summed E-state index contributed by atoms with van der Waals surface area (Å²) >= 11 is 0. The van der Waals surface area contributed by atoms with Crippen molar-refractivity contribution in [1.29, 1.82) is 0 Å². The van der Waals surface area contributed by atoms with Gasteiger partial charge in [-0.15, -0.1) is 0 Å². The standard InChI is InChI=1S/C20H23N3O5/c1-13(21-20(26)14-8-10-28-12-14)19(25)22-15-6-7-17(27-2)16(11-15)23-9-4-3-5-18(23)24/h6-8,10-13H,3-5,9H2,1-2H3,(H,21,26)(H,22,25)/t13-/m1/s1. The highest BCUT2D eigenvalue weighted by atomic mass is 16.5. The Morgan fingerprint density at radius 2 is 2.07 bits per heavy atom. The maximum atomic E-state index is 12.5. The Labute approximate surface area is 162 Å². The van der Waals surface area contributed by atoms with Gasteiger partial charge in [0.25, 0.3) is 5.91 Å². The first-order valence-electron chi connectivity index (χ1n) is 9.12. The van der Waals surface area contributed by atoms with Crippen molar-refractivity contribution in [1.82, 2.24) is 5.32 Å². The Bertz CT molecular complexity index is 863. The van der Waals surface area contributed by atoms with Crippen LogP contribution in [0.25, 0.3) is 0 Å². The SMILES string of the molecule is COc1ccc(NC(=O)[C@@H](C)NC(=O)c2ccoc2)cc1N1CCCCC1=O. The lowest BCUT2D eigenvalue weighted by molar-refractivity contribution is -0.119. The number of rotatable bonds is 6. The molecule has 3 rings (SSSR count). The number of benzene rings is 1. The van der Waals surface area contributed by atoms with Crippen molar-refractivity contribution in [3.05, 3.63) is 42.4 Å². The number of nitrogens with one attached hydrogen (secondary N) is 2. The molecule has 0 spiro atoms. The van der Waals surface area contributed by atoms with Crippen LogP contribution in [-0.4, -0.2) is 37.4 Å². The third-order valence-electron chi connectivity index (χ3n) is 4.58. The quantitative estimate of drug-likeness (QED) is 0.796. The second kappa shape index (κ2) is 8.60. The smallest absolute Gasteiger partial charge is 0.255 e. The van der Waals surface area contributed by atoms with Gasteiger partial charge in [0, 0.05) is 18.7 Å². The Hall–Kier alpha value is -3.29. The van der Waals surface area contributed by atoms with E-state index in [1.807, 2.05) is 0 Å². The number of ether oxygens (including phenoxy) is 1. The molecular weight excluding hydrogens is 362 g/mol. The number of hydrogen-bond donors (Lipinski definition) is 2. The lowest BCUT2D eigenvalue weighted by Gasteiger charge is -2.28. The minimum absolute atomic E-state index is 0.0359.